The molecule has 8 N–H and O–H groups in total. The quantitative estimate of drug-likeness (QED) is 0.0121. The van der Waals surface area contributed by atoms with Crippen molar-refractivity contribution < 1.29 is 55.1 Å². The molecule has 2 aromatic heterocycles. The van der Waals surface area contributed by atoms with E-state index in [1.807, 2.05) is 241 Å². The SMILES string of the molecule is CC(=C(c1ccc(O)cc1)c1ccc(O)cc1)c1ccccc1.CC(=O)c1ccccc1.COCOc1ccc(/C(=C(\C)c2ccccc2)c2ccc(C)cc2)cc1.Oc1ccc(C(=C(CCl)c2ccccc2)c2ccc(O)cc2)cc1.Oc1ccc(C(=C(Cn2ccnc2)c2ccccc2)c2ccc(O)cc2)cc1.Oc1ccc(C(=C(Cn2cncn2)c2ccccc2)c2ccc(O)cc2)cc1. The van der Waals surface area contributed by atoms with Crippen molar-refractivity contribution in [1.82, 2.24) is 24.3 Å². The third kappa shape index (κ3) is 27.9. The number of aromatic nitrogens is 5. The molecule has 688 valence electrons. The number of allylic oxidation sites excluding steroid dienone is 5. The molecule has 0 fully saturated rings. The fourth-order valence-electron chi connectivity index (χ4n) is 15.5. The summed E-state index contributed by atoms with van der Waals surface area (Å²) < 4.78 is 14.3. The largest absolute Gasteiger partial charge is 0.508 e. The number of carbonyl (C=O) groups is 1. The molecule has 0 atom stereocenters. The predicted molar refractivity (Wildman–Crippen MR) is 558 cm³/mol. The first kappa shape index (κ1) is 98.2. The first-order valence-electron chi connectivity index (χ1n) is 44.7. The Kier molecular flexibility index (Phi) is 35.6. The number of aromatic hydroxyl groups is 8. The summed E-state index contributed by atoms with van der Waals surface area (Å²) in [6.07, 6.45) is 8.71. The van der Waals surface area contributed by atoms with Crippen molar-refractivity contribution in [2.24, 2.45) is 0 Å². The Labute approximate surface area is 810 Å². The summed E-state index contributed by atoms with van der Waals surface area (Å²) in [6, 6.07) is 134. The molecule has 16 nitrogen and oxygen atoms in total. The van der Waals surface area contributed by atoms with Crippen LogP contribution >= 0.6 is 11.6 Å². The summed E-state index contributed by atoms with van der Waals surface area (Å²) in [6.45, 7) is 9.37. The van der Waals surface area contributed by atoms with Gasteiger partial charge in [-0.2, -0.15) is 5.10 Å². The number of phenolic OH excluding ortho intramolecular Hbond substituents is 8. The molecule has 0 amide bonds. The maximum absolute atomic E-state index is 10.6. The maximum atomic E-state index is 10.6. The monoisotopic (exact) mass is 1840 g/mol. The minimum absolute atomic E-state index is 0.121. The van der Waals surface area contributed by atoms with Crippen molar-refractivity contribution in [1.29, 1.82) is 0 Å². The second kappa shape index (κ2) is 50.0. The van der Waals surface area contributed by atoms with Crippen LogP contribution in [0.3, 0.4) is 0 Å². The number of imidazole rings is 1. The predicted octanol–water partition coefficient (Wildman–Crippen LogP) is 27.5. The molecule has 18 aromatic rings. The number of phenols is 8. The van der Waals surface area contributed by atoms with Gasteiger partial charge in [-0.15, -0.1) is 11.6 Å². The number of methoxy groups -OCH3 is 1. The number of halogens is 1. The van der Waals surface area contributed by atoms with E-state index in [4.69, 9.17) is 21.1 Å². The van der Waals surface area contributed by atoms with Crippen LogP contribution < -0.4 is 4.74 Å². The number of ketones is 1. The molecule has 138 heavy (non-hydrogen) atoms. The molecule has 2 heterocycles. The average molecular weight is 1840 g/mol. The van der Waals surface area contributed by atoms with Gasteiger partial charge in [0.2, 0.25) is 0 Å². The topological polar surface area (TPSA) is 246 Å². The molecule has 0 aliphatic heterocycles. The van der Waals surface area contributed by atoms with Crippen LogP contribution in [-0.4, -0.2) is 90.7 Å². The van der Waals surface area contributed by atoms with Gasteiger partial charge in [-0.3, -0.25) is 4.79 Å². The van der Waals surface area contributed by atoms with Crippen molar-refractivity contribution in [3.05, 3.63) is 551 Å². The van der Waals surface area contributed by atoms with Crippen molar-refractivity contribution >= 4 is 73.1 Å². The van der Waals surface area contributed by atoms with E-state index in [1.165, 1.54) is 39.7 Å². The summed E-state index contributed by atoms with van der Waals surface area (Å²) in [5.74, 6) is 3.08. The van der Waals surface area contributed by atoms with Crippen LogP contribution in [0.4, 0.5) is 0 Å². The highest BCUT2D eigenvalue weighted by Gasteiger charge is 2.21. The normalized spacial score (nSPS) is 10.6. The zero-order valence-corrected chi connectivity index (χ0v) is 77.8. The van der Waals surface area contributed by atoms with E-state index in [0.29, 0.717) is 19.0 Å². The summed E-state index contributed by atoms with van der Waals surface area (Å²) in [7, 11) is 1.62. The fraction of sp³-hybridized carbons (Fsp3) is 0.0744. The lowest BCUT2D eigenvalue weighted by molar-refractivity contribution is 0.0511. The molecule has 16 aromatic carbocycles. The Morgan fingerprint density at radius 3 is 0.812 bits per heavy atom. The summed E-state index contributed by atoms with van der Waals surface area (Å²) in [5, 5.41) is 81.5. The van der Waals surface area contributed by atoms with E-state index in [2.05, 4.69) is 133 Å². The lowest BCUT2D eigenvalue weighted by Gasteiger charge is -2.18. The van der Waals surface area contributed by atoms with E-state index in [0.717, 1.165) is 123 Å². The number of benzene rings is 16. The summed E-state index contributed by atoms with van der Waals surface area (Å²) in [5.41, 5.74) is 28.7. The van der Waals surface area contributed by atoms with E-state index in [1.54, 1.807) is 135 Å². The molecule has 0 aliphatic rings. The number of Topliss-reactive ketones (excluding diaryl/α,β-unsaturated/α-hetero) is 1. The van der Waals surface area contributed by atoms with Crippen LogP contribution in [0.15, 0.2) is 456 Å². The van der Waals surface area contributed by atoms with Gasteiger partial charge >= 0.3 is 0 Å². The Bertz CT molecular complexity index is 6630. The lowest BCUT2D eigenvalue weighted by Crippen LogP contribution is -2.05. The van der Waals surface area contributed by atoms with Gasteiger partial charge in [0.15, 0.2) is 12.6 Å². The Hall–Kier alpha value is -17.3. The number of hydrogen-bond acceptors (Lipinski definition) is 14. The van der Waals surface area contributed by atoms with Crippen LogP contribution in [0.25, 0.3) is 55.7 Å². The zero-order valence-electron chi connectivity index (χ0n) is 77.0. The molecule has 0 saturated heterocycles. The molecule has 18 rings (SSSR count). The summed E-state index contributed by atoms with van der Waals surface area (Å²) in [4.78, 5) is 18.9. The number of nitrogens with zero attached hydrogens (tertiary/aromatic N) is 5. The molecule has 0 spiro atoms. The fourth-order valence-corrected chi connectivity index (χ4v) is 15.8. The van der Waals surface area contributed by atoms with Crippen molar-refractivity contribution in [2.45, 2.75) is 40.8 Å². The first-order valence-corrected chi connectivity index (χ1v) is 45.2. The van der Waals surface area contributed by atoms with Crippen molar-refractivity contribution in [2.75, 3.05) is 19.8 Å². The number of rotatable bonds is 24. The second-order valence-electron chi connectivity index (χ2n) is 32.1. The number of alkyl halides is 1. The summed E-state index contributed by atoms with van der Waals surface area (Å²) >= 11 is 6.30. The molecule has 0 unspecified atom stereocenters. The van der Waals surface area contributed by atoms with Crippen LogP contribution in [0.5, 0.6) is 51.7 Å². The van der Waals surface area contributed by atoms with Crippen LogP contribution in [-0.2, 0) is 17.8 Å². The van der Waals surface area contributed by atoms with Crippen LogP contribution in [0.1, 0.15) is 120 Å². The standard InChI is InChI=1S/C24H20N2O2.C24H24O2.C23H19N3O2.C21H17ClO2.C21H18O2.C8H8O/c27-21-10-6-19(7-11-21)24(20-8-12-22(28)13-9-20)23(16-26-15-14-25-17-26)18-4-2-1-3-5-18;1-18-9-11-21(12-10-18)24(19(2)20-7-5-4-6-8-20)22-13-15-23(16-14-22)26-17-25-3;27-20-10-6-18(7-11-20)23(19-8-12-21(28)13-9-19)22(14-26-16-24-15-25-26)17-4-2-1-3-5-17;22-14-20(15-4-2-1-3-5-15)21(16-6-10-18(23)11-7-16)17-8-12-19(24)13-9-17;1-15(16-5-3-2-4-6-16)21(17-7-11-19(22)12-8-17)18-9-13-20(23)14-10-18;1-7(9)8-5-3-2-4-6-8/h1-15,17,27-28H,16H2;4-16H,17H2,1-3H3;1-13,15-16,27-28H,14H2;1-13,23-24H,14H2;2-14,22-23H,1H3;2-6H,1H3/b;24-19+;;;;. The maximum Gasteiger partial charge on any atom is 0.188 e. The highest BCUT2D eigenvalue weighted by molar-refractivity contribution is 6.26. The molecular weight excluding hydrogens is 1730 g/mol. The number of ether oxygens (including phenoxy) is 2. The highest BCUT2D eigenvalue weighted by atomic mass is 35.5. The van der Waals surface area contributed by atoms with E-state index >= 15 is 0 Å². The Balaban J connectivity index is 0.000000142. The van der Waals surface area contributed by atoms with E-state index in [-0.39, 0.29) is 58.6 Å². The first-order chi connectivity index (χ1) is 67.2. The van der Waals surface area contributed by atoms with E-state index < -0.39 is 0 Å². The smallest absolute Gasteiger partial charge is 0.188 e. The van der Waals surface area contributed by atoms with Gasteiger partial charge in [0.1, 0.15) is 64.4 Å². The lowest BCUT2D eigenvalue weighted by atomic mass is 9.89. The van der Waals surface area contributed by atoms with Gasteiger partial charge in [-0.25, -0.2) is 14.6 Å². The van der Waals surface area contributed by atoms with Crippen molar-refractivity contribution in [3.8, 4) is 51.7 Å². The van der Waals surface area contributed by atoms with Crippen LogP contribution in [0.2, 0.25) is 0 Å². The number of hydrogen-bond donors (Lipinski definition) is 8. The van der Waals surface area contributed by atoms with Gasteiger partial charge in [-0.1, -0.05) is 321 Å². The average Bonchev–Trinajstić information content (AvgIpc) is 1.17. The molecule has 0 saturated carbocycles. The van der Waals surface area contributed by atoms with E-state index in [9.17, 15) is 45.6 Å². The molecule has 0 aliphatic carbocycles. The van der Waals surface area contributed by atoms with Gasteiger partial charge in [-0.05, 0) is 276 Å². The Morgan fingerprint density at radius 2 is 0.551 bits per heavy atom. The van der Waals surface area contributed by atoms with Gasteiger partial charge in [0, 0.05) is 37.5 Å². The van der Waals surface area contributed by atoms with Gasteiger partial charge < -0.3 is 54.9 Å². The van der Waals surface area contributed by atoms with Gasteiger partial charge in [0.25, 0.3) is 0 Å². The third-order valence-electron chi connectivity index (χ3n) is 22.5. The number of aryl methyl sites for hydroxylation is 1. The molecule has 17 heteroatoms. The minimum Gasteiger partial charge on any atom is -0.508 e. The number of carbonyl (C=O) groups excluding carboxylic acids is 1. The third-order valence-corrected chi connectivity index (χ3v) is 22.8. The Morgan fingerprint density at radius 1 is 0.290 bits per heavy atom. The van der Waals surface area contributed by atoms with Crippen molar-refractivity contribution in [3.63, 3.8) is 0 Å². The minimum atomic E-state index is 0.121. The zero-order chi connectivity index (χ0) is 96.9. The highest BCUT2D eigenvalue weighted by Crippen LogP contribution is 2.41. The molecule has 0 radical (unpaired) electrons. The molecule has 0 bridgehead atoms. The van der Waals surface area contributed by atoms with Gasteiger partial charge in [0.05, 0.1) is 12.9 Å². The van der Waals surface area contributed by atoms with Crippen LogP contribution in [0, 0.1) is 6.92 Å². The second-order valence-corrected chi connectivity index (χ2v) is 32.4. The molecular formula is C121H106ClN5O11.